The third kappa shape index (κ3) is 9.88. The summed E-state index contributed by atoms with van der Waals surface area (Å²) in [7, 11) is 1.93. The van der Waals surface area contributed by atoms with E-state index in [2.05, 4.69) is 27.8 Å². The number of pyridine rings is 1. The van der Waals surface area contributed by atoms with E-state index >= 15 is 0 Å². The first-order valence-corrected chi connectivity index (χ1v) is 15.6. The Kier molecular flexibility index (Phi) is 12.6. The summed E-state index contributed by atoms with van der Waals surface area (Å²) in [5.74, 6) is 0.222. The maximum Gasteiger partial charge on any atom is 0.427 e. The van der Waals surface area contributed by atoms with Crippen molar-refractivity contribution in [3.8, 4) is 0 Å². The zero-order valence-corrected chi connectivity index (χ0v) is 26.3. The van der Waals surface area contributed by atoms with Crippen LogP contribution in [0.5, 0.6) is 0 Å². The summed E-state index contributed by atoms with van der Waals surface area (Å²) < 4.78 is 7.08. The van der Waals surface area contributed by atoms with Crippen molar-refractivity contribution >= 4 is 46.7 Å². The van der Waals surface area contributed by atoms with Crippen molar-refractivity contribution in [1.29, 1.82) is 0 Å². The maximum atomic E-state index is 13.6. The summed E-state index contributed by atoms with van der Waals surface area (Å²) in [6.07, 6.45) is 7.81. The number of carboxylic acids is 1. The molecule has 242 valence electrons. The highest BCUT2D eigenvalue weighted by molar-refractivity contribution is 6.07. The Morgan fingerprint density at radius 1 is 1.02 bits per heavy atom. The minimum atomic E-state index is -0.857. The quantitative estimate of drug-likeness (QED) is 0.0719. The number of fused-ring (bicyclic) bond motifs is 1. The van der Waals surface area contributed by atoms with E-state index in [1.54, 1.807) is 41.6 Å². The van der Waals surface area contributed by atoms with Crippen LogP contribution in [0.3, 0.4) is 0 Å². The summed E-state index contributed by atoms with van der Waals surface area (Å²) in [6, 6.07) is 18.4. The van der Waals surface area contributed by atoms with Gasteiger partial charge >= 0.3 is 12.1 Å². The molecule has 0 spiro atoms. The molecular formula is C34H41N7O5. The molecule has 0 fully saturated rings. The van der Waals surface area contributed by atoms with Crippen molar-refractivity contribution in [2.45, 2.75) is 58.4 Å². The number of hydrogen-bond acceptors (Lipinski definition) is 8. The number of rotatable bonds is 17. The van der Waals surface area contributed by atoms with Crippen LogP contribution in [-0.2, 0) is 23.1 Å². The first kappa shape index (κ1) is 33.6. The number of anilines is 2. The number of amides is 2. The van der Waals surface area contributed by atoms with E-state index in [0.717, 1.165) is 48.3 Å². The minimum absolute atomic E-state index is 0.0498. The van der Waals surface area contributed by atoms with Crippen LogP contribution in [0.25, 0.3) is 11.0 Å². The number of imidazole rings is 1. The van der Waals surface area contributed by atoms with Crippen molar-refractivity contribution in [3.05, 3.63) is 83.8 Å². The molecular weight excluding hydrogens is 586 g/mol. The molecule has 4 rings (SSSR count). The smallest absolute Gasteiger partial charge is 0.427 e. The monoisotopic (exact) mass is 627 g/mol. The second-order valence-electron chi connectivity index (χ2n) is 10.8. The molecule has 0 bridgehead atoms. The molecule has 12 nitrogen and oxygen atoms in total. The van der Waals surface area contributed by atoms with Crippen LogP contribution in [0.1, 0.15) is 73.6 Å². The molecule has 0 aliphatic heterocycles. The molecule has 0 saturated heterocycles. The number of aliphatic carboxylic acids is 1. The van der Waals surface area contributed by atoms with Gasteiger partial charge < -0.3 is 19.7 Å². The van der Waals surface area contributed by atoms with E-state index in [9.17, 15) is 14.4 Å². The summed E-state index contributed by atoms with van der Waals surface area (Å²) >= 11 is 0. The van der Waals surface area contributed by atoms with Crippen LogP contribution in [0.2, 0.25) is 0 Å². The zero-order chi connectivity index (χ0) is 32.7. The lowest BCUT2D eigenvalue weighted by atomic mass is 10.1. The number of carbonyl (C=O) groups is 3. The first-order valence-electron chi connectivity index (χ1n) is 15.6. The van der Waals surface area contributed by atoms with Gasteiger partial charge in [0.25, 0.3) is 5.91 Å². The van der Waals surface area contributed by atoms with Crippen molar-refractivity contribution in [2.24, 2.45) is 12.1 Å². The van der Waals surface area contributed by atoms with E-state index in [1.807, 2.05) is 48.0 Å². The van der Waals surface area contributed by atoms with Crippen molar-refractivity contribution in [2.75, 3.05) is 23.4 Å². The molecule has 0 radical (unpaired) electrons. The Morgan fingerprint density at radius 2 is 1.85 bits per heavy atom. The van der Waals surface area contributed by atoms with Gasteiger partial charge in [-0.3, -0.25) is 14.5 Å². The number of carbonyl (C=O) groups excluding carboxylic acids is 2. The Balaban J connectivity index is 1.35. The van der Waals surface area contributed by atoms with Gasteiger partial charge in [0.15, 0.2) is 0 Å². The summed E-state index contributed by atoms with van der Waals surface area (Å²) in [6.45, 7) is 3.32. The largest absolute Gasteiger partial charge is 0.481 e. The number of aryl methyl sites for hydroxylation is 1. The highest BCUT2D eigenvalue weighted by atomic mass is 16.5. The standard InChI is InChI=1S/C34H41N7O5/c1-3-4-5-10-21-46-34(45)39-37-23-25-13-16-27(17-14-25)36-24-31-38-28-22-26(15-18-29(28)40(31)2)33(44)41(20-9-7-12-32(42)43)30-11-6-8-19-35-30/h6,8,11,13-19,22-23,36H,3-5,7,9-10,12,20-21,24H2,1-2H3,(H,39,45)(H,42,43). The predicted octanol–water partition coefficient (Wildman–Crippen LogP) is 6.12. The van der Waals surface area contributed by atoms with Gasteiger partial charge in [0.2, 0.25) is 0 Å². The van der Waals surface area contributed by atoms with E-state index in [0.29, 0.717) is 49.4 Å². The Labute approximate surface area is 268 Å². The molecule has 0 aliphatic rings. The number of aromatic nitrogens is 3. The summed E-state index contributed by atoms with van der Waals surface area (Å²) in [4.78, 5) is 47.0. The predicted molar refractivity (Wildman–Crippen MR) is 178 cm³/mol. The number of benzene rings is 2. The van der Waals surface area contributed by atoms with Gasteiger partial charge in [0, 0.05) is 37.5 Å². The molecule has 2 aromatic carbocycles. The van der Waals surface area contributed by atoms with Gasteiger partial charge in [0.05, 0.1) is 30.4 Å². The minimum Gasteiger partial charge on any atom is -0.481 e. The lowest BCUT2D eigenvalue weighted by Gasteiger charge is -2.21. The average Bonchev–Trinajstić information content (AvgIpc) is 3.38. The molecule has 12 heteroatoms. The first-order chi connectivity index (χ1) is 22.4. The van der Waals surface area contributed by atoms with Crippen molar-refractivity contribution in [1.82, 2.24) is 20.0 Å². The summed E-state index contributed by atoms with van der Waals surface area (Å²) in [5, 5.41) is 16.3. The number of nitrogens with one attached hydrogen (secondary N) is 2. The SMILES string of the molecule is CCCCCCOC(=O)NN=Cc1ccc(NCc2nc3cc(C(=O)N(CCCCC(=O)O)c4ccccn4)ccc3n2C)cc1. The Morgan fingerprint density at radius 3 is 2.59 bits per heavy atom. The van der Waals surface area contributed by atoms with Crippen LogP contribution in [0, 0.1) is 0 Å². The average molecular weight is 628 g/mol. The molecule has 2 aromatic heterocycles. The molecule has 0 unspecified atom stereocenters. The van der Waals surface area contributed by atoms with Crippen LogP contribution < -0.4 is 15.6 Å². The summed E-state index contributed by atoms with van der Waals surface area (Å²) in [5.41, 5.74) is 6.13. The molecule has 2 amide bonds. The number of hydrogen-bond donors (Lipinski definition) is 3. The third-order valence-electron chi connectivity index (χ3n) is 7.38. The Hall–Kier alpha value is -5.26. The Bertz CT molecular complexity index is 1620. The fourth-order valence-corrected chi connectivity index (χ4v) is 4.83. The highest BCUT2D eigenvalue weighted by Crippen LogP contribution is 2.21. The van der Waals surface area contributed by atoms with Gasteiger partial charge in [-0.15, -0.1) is 0 Å². The molecule has 3 N–H and O–H groups in total. The lowest BCUT2D eigenvalue weighted by Crippen LogP contribution is -2.32. The highest BCUT2D eigenvalue weighted by Gasteiger charge is 2.20. The van der Waals surface area contributed by atoms with E-state index in [4.69, 9.17) is 14.8 Å². The van der Waals surface area contributed by atoms with E-state index in [1.165, 1.54) is 0 Å². The lowest BCUT2D eigenvalue weighted by molar-refractivity contribution is -0.137. The molecule has 0 aliphatic carbocycles. The maximum absolute atomic E-state index is 13.6. The van der Waals surface area contributed by atoms with Crippen LogP contribution in [0.4, 0.5) is 16.3 Å². The van der Waals surface area contributed by atoms with Crippen LogP contribution >= 0.6 is 0 Å². The van der Waals surface area contributed by atoms with Gasteiger partial charge in [-0.25, -0.2) is 20.2 Å². The van der Waals surface area contributed by atoms with E-state index in [-0.39, 0.29) is 12.3 Å². The fourth-order valence-electron chi connectivity index (χ4n) is 4.83. The second-order valence-corrected chi connectivity index (χ2v) is 10.8. The van der Waals surface area contributed by atoms with Crippen LogP contribution in [-0.4, -0.2) is 57.0 Å². The molecule has 2 heterocycles. The molecule has 4 aromatic rings. The number of ether oxygens (including phenoxy) is 1. The van der Waals surface area contributed by atoms with Crippen LogP contribution in [0.15, 0.2) is 72.0 Å². The normalized spacial score (nSPS) is 11.1. The molecule has 46 heavy (non-hydrogen) atoms. The topological polar surface area (TPSA) is 151 Å². The zero-order valence-electron chi connectivity index (χ0n) is 26.3. The van der Waals surface area contributed by atoms with Crippen molar-refractivity contribution in [3.63, 3.8) is 0 Å². The fraction of sp³-hybridized carbons (Fsp3) is 0.353. The van der Waals surface area contributed by atoms with E-state index < -0.39 is 12.1 Å². The third-order valence-corrected chi connectivity index (χ3v) is 7.38. The van der Waals surface area contributed by atoms with Crippen molar-refractivity contribution < 1.29 is 24.2 Å². The van der Waals surface area contributed by atoms with Gasteiger partial charge in [0.1, 0.15) is 11.6 Å². The second kappa shape index (κ2) is 17.3. The number of nitrogens with zero attached hydrogens (tertiary/aromatic N) is 5. The molecule has 0 atom stereocenters. The number of carboxylic acid groups (broad SMARTS) is 1. The molecule has 0 saturated carbocycles. The number of hydrazone groups is 1. The van der Waals surface area contributed by atoms with Gasteiger partial charge in [-0.05, 0) is 67.3 Å². The van der Waals surface area contributed by atoms with Gasteiger partial charge in [-0.2, -0.15) is 5.10 Å². The van der Waals surface area contributed by atoms with Gasteiger partial charge in [-0.1, -0.05) is 44.4 Å². The number of unbranched alkanes of at least 4 members (excludes halogenated alkanes) is 4.